The van der Waals surface area contributed by atoms with Crippen molar-refractivity contribution in [3.63, 3.8) is 0 Å². The number of amides is 1. The van der Waals surface area contributed by atoms with E-state index in [1.165, 1.54) is 0 Å². The predicted molar refractivity (Wildman–Crippen MR) is 71.8 cm³/mol. The number of carbonyl (C=O) groups is 2. The van der Waals surface area contributed by atoms with Crippen LogP contribution in [0.15, 0.2) is 0 Å². The number of carboxylic acids is 1. The first-order valence-electron chi connectivity index (χ1n) is 7.21. The minimum absolute atomic E-state index is 0.0153. The summed E-state index contributed by atoms with van der Waals surface area (Å²) in [5.74, 6) is -0.748. The van der Waals surface area contributed by atoms with E-state index in [1.807, 2.05) is 6.92 Å². The number of carbonyl (C=O) groups excluding carboxylic acids is 1. The summed E-state index contributed by atoms with van der Waals surface area (Å²) in [6.07, 6.45) is 4.90. The number of carboxylic acid groups (broad SMARTS) is 1. The van der Waals surface area contributed by atoms with Crippen molar-refractivity contribution in [2.24, 2.45) is 10.8 Å². The van der Waals surface area contributed by atoms with E-state index in [2.05, 4.69) is 10.6 Å². The number of hydrogen-bond acceptors (Lipinski definition) is 3. The van der Waals surface area contributed by atoms with Crippen molar-refractivity contribution in [2.75, 3.05) is 19.6 Å². The van der Waals surface area contributed by atoms with Gasteiger partial charge in [0.15, 0.2) is 0 Å². The van der Waals surface area contributed by atoms with Gasteiger partial charge in [0.25, 0.3) is 0 Å². The topological polar surface area (TPSA) is 78.4 Å². The van der Waals surface area contributed by atoms with Crippen LogP contribution in [0.3, 0.4) is 0 Å². The molecule has 0 spiro atoms. The van der Waals surface area contributed by atoms with Gasteiger partial charge in [-0.25, -0.2) is 0 Å². The molecule has 2 rings (SSSR count). The van der Waals surface area contributed by atoms with Crippen LogP contribution in [-0.2, 0) is 9.59 Å². The summed E-state index contributed by atoms with van der Waals surface area (Å²) in [5, 5.41) is 15.5. The second kappa shape index (κ2) is 5.49. The molecule has 0 aromatic heterocycles. The lowest BCUT2D eigenvalue weighted by Crippen LogP contribution is -2.49. The van der Waals surface area contributed by atoms with Crippen LogP contribution < -0.4 is 10.6 Å². The molecule has 2 fully saturated rings. The van der Waals surface area contributed by atoms with Crippen LogP contribution in [0.2, 0.25) is 0 Å². The maximum atomic E-state index is 12.3. The molecule has 1 amide bonds. The Kier molecular flexibility index (Phi) is 4.13. The molecule has 1 saturated heterocycles. The van der Waals surface area contributed by atoms with Gasteiger partial charge in [-0.05, 0) is 38.8 Å². The molecule has 1 heterocycles. The molecule has 0 atom stereocenters. The summed E-state index contributed by atoms with van der Waals surface area (Å²) in [5.41, 5.74) is -1.07. The van der Waals surface area contributed by atoms with E-state index < -0.39 is 11.4 Å². The second-order valence-electron chi connectivity index (χ2n) is 6.29. The summed E-state index contributed by atoms with van der Waals surface area (Å²) in [7, 11) is 0. The van der Waals surface area contributed by atoms with Gasteiger partial charge in [-0.1, -0.05) is 19.8 Å². The Morgan fingerprint density at radius 1 is 1.16 bits per heavy atom. The second-order valence-corrected chi connectivity index (χ2v) is 6.29. The van der Waals surface area contributed by atoms with Gasteiger partial charge in [-0.15, -0.1) is 0 Å². The molecule has 1 aliphatic heterocycles. The minimum Gasteiger partial charge on any atom is -0.481 e. The van der Waals surface area contributed by atoms with Gasteiger partial charge >= 0.3 is 5.97 Å². The van der Waals surface area contributed by atoms with Crippen LogP contribution in [0, 0.1) is 10.8 Å². The van der Waals surface area contributed by atoms with Gasteiger partial charge in [-0.3, -0.25) is 9.59 Å². The van der Waals surface area contributed by atoms with Crippen LogP contribution in [0.1, 0.15) is 45.4 Å². The van der Waals surface area contributed by atoms with Gasteiger partial charge in [0.05, 0.1) is 5.41 Å². The summed E-state index contributed by atoms with van der Waals surface area (Å²) >= 11 is 0. The fourth-order valence-electron chi connectivity index (χ4n) is 3.19. The third-order valence-electron chi connectivity index (χ3n) is 4.86. The Bertz CT molecular complexity index is 356. The summed E-state index contributed by atoms with van der Waals surface area (Å²) in [4.78, 5) is 23.7. The van der Waals surface area contributed by atoms with Crippen molar-refractivity contribution in [1.29, 1.82) is 0 Å². The van der Waals surface area contributed by atoms with E-state index in [0.717, 1.165) is 38.8 Å². The van der Waals surface area contributed by atoms with Crippen LogP contribution in [0.25, 0.3) is 0 Å². The van der Waals surface area contributed by atoms with Crippen molar-refractivity contribution in [1.82, 2.24) is 10.6 Å². The van der Waals surface area contributed by atoms with Crippen LogP contribution in [-0.4, -0.2) is 36.6 Å². The zero-order valence-electron chi connectivity index (χ0n) is 11.6. The van der Waals surface area contributed by atoms with Gasteiger partial charge in [-0.2, -0.15) is 0 Å². The molecular formula is C14H24N2O3. The standard InChI is InChI=1S/C14H24N2O3/c1-13(6-8-15-9-7-13)11(17)16-10-14(12(18)19)4-2-3-5-14/h15H,2-10H2,1H3,(H,16,17)(H,18,19). The van der Waals surface area contributed by atoms with Crippen LogP contribution >= 0.6 is 0 Å². The smallest absolute Gasteiger partial charge is 0.311 e. The number of rotatable bonds is 4. The van der Waals surface area contributed by atoms with Crippen molar-refractivity contribution < 1.29 is 14.7 Å². The van der Waals surface area contributed by atoms with Gasteiger partial charge in [0, 0.05) is 12.0 Å². The third-order valence-corrected chi connectivity index (χ3v) is 4.86. The quantitative estimate of drug-likeness (QED) is 0.714. The monoisotopic (exact) mass is 268 g/mol. The maximum absolute atomic E-state index is 12.3. The molecule has 2 aliphatic rings. The Morgan fingerprint density at radius 3 is 2.26 bits per heavy atom. The average Bonchev–Trinajstić information content (AvgIpc) is 2.87. The summed E-state index contributed by atoms with van der Waals surface area (Å²) in [6, 6.07) is 0. The Hall–Kier alpha value is -1.10. The molecule has 0 radical (unpaired) electrons. The van der Waals surface area contributed by atoms with E-state index in [1.54, 1.807) is 0 Å². The summed E-state index contributed by atoms with van der Waals surface area (Å²) < 4.78 is 0. The lowest BCUT2D eigenvalue weighted by atomic mass is 9.79. The first kappa shape index (κ1) is 14.3. The molecule has 5 heteroatoms. The largest absolute Gasteiger partial charge is 0.481 e. The fourth-order valence-corrected chi connectivity index (χ4v) is 3.19. The maximum Gasteiger partial charge on any atom is 0.311 e. The molecule has 0 unspecified atom stereocenters. The normalized spacial score (nSPS) is 24.9. The highest BCUT2D eigenvalue weighted by Gasteiger charge is 2.43. The number of nitrogens with one attached hydrogen (secondary N) is 2. The molecule has 1 aliphatic carbocycles. The Labute approximate surface area is 114 Å². The predicted octanol–water partition coefficient (Wildman–Crippen LogP) is 1.14. The van der Waals surface area contributed by atoms with Crippen molar-refractivity contribution >= 4 is 11.9 Å². The third kappa shape index (κ3) is 2.91. The zero-order valence-corrected chi connectivity index (χ0v) is 11.6. The van der Waals surface area contributed by atoms with Gasteiger partial charge < -0.3 is 15.7 Å². The molecule has 1 saturated carbocycles. The zero-order chi connectivity index (χ0) is 13.9. The van der Waals surface area contributed by atoms with Crippen molar-refractivity contribution in [3.8, 4) is 0 Å². The van der Waals surface area contributed by atoms with Gasteiger partial charge in [0.2, 0.25) is 5.91 Å². The van der Waals surface area contributed by atoms with E-state index >= 15 is 0 Å². The number of piperidine rings is 1. The highest BCUT2D eigenvalue weighted by molar-refractivity contribution is 5.83. The SMILES string of the molecule is CC1(C(=O)NCC2(C(=O)O)CCCC2)CCNCC1. The molecule has 5 nitrogen and oxygen atoms in total. The fraction of sp³-hybridized carbons (Fsp3) is 0.857. The minimum atomic E-state index is -0.763. The molecule has 0 aromatic rings. The number of hydrogen-bond donors (Lipinski definition) is 3. The summed E-state index contributed by atoms with van der Waals surface area (Å²) in [6.45, 7) is 3.97. The Morgan fingerprint density at radius 2 is 1.74 bits per heavy atom. The van der Waals surface area contributed by atoms with E-state index in [9.17, 15) is 14.7 Å². The van der Waals surface area contributed by atoms with Crippen LogP contribution in [0.4, 0.5) is 0 Å². The molecule has 108 valence electrons. The molecule has 19 heavy (non-hydrogen) atoms. The lowest BCUT2D eigenvalue weighted by molar-refractivity contribution is -0.149. The first-order chi connectivity index (χ1) is 8.99. The molecule has 0 bridgehead atoms. The molecule has 3 N–H and O–H groups in total. The lowest BCUT2D eigenvalue weighted by Gasteiger charge is -2.34. The van der Waals surface area contributed by atoms with Crippen molar-refractivity contribution in [2.45, 2.75) is 45.4 Å². The Balaban J connectivity index is 1.93. The van der Waals surface area contributed by atoms with E-state index in [4.69, 9.17) is 0 Å². The van der Waals surface area contributed by atoms with E-state index in [0.29, 0.717) is 12.8 Å². The number of aliphatic carboxylic acids is 1. The van der Waals surface area contributed by atoms with Gasteiger partial charge in [0.1, 0.15) is 0 Å². The molecule has 0 aromatic carbocycles. The first-order valence-corrected chi connectivity index (χ1v) is 7.21. The highest BCUT2D eigenvalue weighted by atomic mass is 16.4. The van der Waals surface area contributed by atoms with Crippen LogP contribution in [0.5, 0.6) is 0 Å². The average molecular weight is 268 g/mol. The highest BCUT2D eigenvalue weighted by Crippen LogP contribution is 2.38. The van der Waals surface area contributed by atoms with Crippen molar-refractivity contribution in [3.05, 3.63) is 0 Å². The van der Waals surface area contributed by atoms with E-state index in [-0.39, 0.29) is 17.9 Å². The molecular weight excluding hydrogens is 244 g/mol.